The van der Waals surface area contributed by atoms with Gasteiger partial charge >= 0.3 is 0 Å². The number of methoxy groups -OCH3 is 1. The number of carbonyl (C=O) groups excluding carboxylic acids is 1. The van der Waals surface area contributed by atoms with Crippen LogP contribution < -0.4 is 15.4 Å². The van der Waals surface area contributed by atoms with Crippen LogP contribution in [-0.4, -0.2) is 57.3 Å². The molecule has 0 unspecified atom stereocenters. The molecule has 0 aliphatic carbocycles. The highest BCUT2D eigenvalue weighted by Crippen LogP contribution is 2.27. The molecular formula is C17H21ClN4O3. The number of nitriles is 1. The fraction of sp³-hybridized carbons (Fsp3) is 0.412. The van der Waals surface area contributed by atoms with Gasteiger partial charge in [-0.05, 0) is 18.2 Å². The van der Waals surface area contributed by atoms with Crippen LogP contribution in [0.5, 0.6) is 5.75 Å². The summed E-state index contributed by atoms with van der Waals surface area (Å²) in [5.74, 6) is 0.139. The van der Waals surface area contributed by atoms with E-state index in [0.29, 0.717) is 36.2 Å². The van der Waals surface area contributed by atoms with Gasteiger partial charge in [-0.3, -0.25) is 9.69 Å². The predicted molar refractivity (Wildman–Crippen MR) is 95.6 cm³/mol. The van der Waals surface area contributed by atoms with Gasteiger partial charge in [0.25, 0.3) is 5.91 Å². The van der Waals surface area contributed by atoms with Crippen molar-refractivity contribution in [1.29, 1.82) is 5.26 Å². The van der Waals surface area contributed by atoms with Crippen LogP contribution in [0.2, 0.25) is 5.02 Å². The number of morpholine rings is 1. The van der Waals surface area contributed by atoms with Crippen LogP contribution in [0.15, 0.2) is 30.0 Å². The topological polar surface area (TPSA) is 86.6 Å². The third-order valence-corrected chi connectivity index (χ3v) is 4.01. The van der Waals surface area contributed by atoms with Gasteiger partial charge in [0, 0.05) is 38.1 Å². The van der Waals surface area contributed by atoms with Crippen LogP contribution in [0.3, 0.4) is 0 Å². The molecule has 0 saturated carbocycles. The summed E-state index contributed by atoms with van der Waals surface area (Å²) >= 11 is 6.04. The standard InChI is InChI=1S/C17H21ClN4O3/c1-24-16-3-2-14(10-15(16)18)21-12-13(11-19)17(23)20-4-5-22-6-8-25-9-7-22/h2-3,10,12,21H,4-9H2,1H3,(H,20,23)/b13-12-. The molecule has 134 valence electrons. The number of benzene rings is 1. The summed E-state index contributed by atoms with van der Waals surface area (Å²) < 4.78 is 10.3. The van der Waals surface area contributed by atoms with Gasteiger partial charge in [0.1, 0.15) is 17.4 Å². The number of nitrogens with zero attached hydrogens (tertiary/aromatic N) is 2. The summed E-state index contributed by atoms with van der Waals surface area (Å²) in [6.07, 6.45) is 1.36. The van der Waals surface area contributed by atoms with Crippen LogP contribution in [-0.2, 0) is 9.53 Å². The molecule has 1 aromatic carbocycles. The van der Waals surface area contributed by atoms with Gasteiger partial charge in [-0.1, -0.05) is 11.6 Å². The van der Waals surface area contributed by atoms with E-state index >= 15 is 0 Å². The summed E-state index contributed by atoms with van der Waals surface area (Å²) in [6, 6.07) is 6.99. The largest absolute Gasteiger partial charge is 0.495 e. The number of ether oxygens (including phenoxy) is 2. The van der Waals surface area contributed by atoms with Crippen molar-refractivity contribution in [2.75, 3.05) is 51.8 Å². The number of hydrogen-bond acceptors (Lipinski definition) is 6. The molecule has 1 aromatic rings. The fourth-order valence-corrected chi connectivity index (χ4v) is 2.57. The molecule has 1 aliphatic heterocycles. The van der Waals surface area contributed by atoms with Crippen LogP contribution in [0.4, 0.5) is 5.69 Å². The van der Waals surface area contributed by atoms with Gasteiger partial charge < -0.3 is 20.1 Å². The summed E-state index contributed by atoms with van der Waals surface area (Å²) in [6.45, 7) is 4.35. The number of nitrogens with one attached hydrogen (secondary N) is 2. The number of amides is 1. The van der Waals surface area contributed by atoms with Gasteiger partial charge in [-0.25, -0.2) is 0 Å². The summed E-state index contributed by atoms with van der Waals surface area (Å²) in [4.78, 5) is 14.3. The Morgan fingerprint density at radius 1 is 1.48 bits per heavy atom. The Hall–Kier alpha value is -2.27. The lowest BCUT2D eigenvalue weighted by atomic mass is 10.2. The Bertz CT molecular complexity index is 666. The lowest BCUT2D eigenvalue weighted by molar-refractivity contribution is -0.117. The zero-order valence-corrected chi connectivity index (χ0v) is 14.8. The second-order valence-corrected chi connectivity index (χ2v) is 5.78. The van der Waals surface area contributed by atoms with E-state index in [1.807, 2.05) is 6.07 Å². The maximum Gasteiger partial charge on any atom is 0.263 e. The van der Waals surface area contributed by atoms with Gasteiger partial charge in [0.2, 0.25) is 0 Å². The average molecular weight is 365 g/mol. The highest BCUT2D eigenvalue weighted by atomic mass is 35.5. The van der Waals surface area contributed by atoms with Crippen molar-refractivity contribution in [3.63, 3.8) is 0 Å². The normalized spacial score (nSPS) is 15.3. The van der Waals surface area contributed by atoms with E-state index in [0.717, 1.165) is 19.6 Å². The zero-order valence-electron chi connectivity index (χ0n) is 14.0. The highest BCUT2D eigenvalue weighted by molar-refractivity contribution is 6.32. The molecule has 1 amide bonds. The van der Waals surface area contributed by atoms with E-state index in [1.165, 1.54) is 13.3 Å². The average Bonchev–Trinajstić information content (AvgIpc) is 2.63. The monoisotopic (exact) mass is 364 g/mol. The molecule has 1 saturated heterocycles. The highest BCUT2D eigenvalue weighted by Gasteiger charge is 2.12. The smallest absolute Gasteiger partial charge is 0.263 e. The molecule has 0 aromatic heterocycles. The van der Waals surface area contributed by atoms with Crippen LogP contribution in [0, 0.1) is 11.3 Å². The molecule has 25 heavy (non-hydrogen) atoms. The Balaban J connectivity index is 1.85. The predicted octanol–water partition coefficient (Wildman–Crippen LogP) is 1.62. The second-order valence-electron chi connectivity index (χ2n) is 5.37. The third-order valence-electron chi connectivity index (χ3n) is 3.72. The minimum absolute atomic E-state index is 0.00563. The van der Waals surface area contributed by atoms with Crippen LogP contribution in [0.25, 0.3) is 0 Å². The maximum absolute atomic E-state index is 12.1. The van der Waals surface area contributed by atoms with Crippen LogP contribution >= 0.6 is 11.6 Å². The van der Waals surface area contributed by atoms with Crippen molar-refractivity contribution in [2.24, 2.45) is 0 Å². The number of carbonyl (C=O) groups is 1. The van der Waals surface area contributed by atoms with Crippen molar-refractivity contribution in [1.82, 2.24) is 10.2 Å². The fourth-order valence-electron chi connectivity index (χ4n) is 2.31. The molecule has 0 spiro atoms. The zero-order chi connectivity index (χ0) is 18.1. The summed E-state index contributed by atoms with van der Waals surface area (Å²) in [7, 11) is 1.53. The van der Waals surface area contributed by atoms with E-state index in [-0.39, 0.29) is 5.57 Å². The van der Waals surface area contributed by atoms with E-state index < -0.39 is 5.91 Å². The van der Waals surface area contributed by atoms with E-state index in [1.54, 1.807) is 18.2 Å². The molecule has 0 atom stereocenters. The number of anilines is 1. The van der Waals surface area contributed by atoms with E-state index in [9.17, 15) is 4.79 Å². The minimum atomic E-state index is -0.414. The molecule has 1 heterocycles. The summed E-state index contributed by atoms with van der Waals surface area (Å²) in [5, 5.41) is 15.3. The second kappa shape index (κ2) is 9.89. The Kier molecular flexibility index (Phi) is 7.54. The van der Waals surface area contributed by atoms with Crippen molar-refractivity contribution < 1.29 is 14.3 Å². The first-order chi connectivity index (χ1) is 12.1. The van der Waals surface area contributed by atoms with Gasteiger partial charge in [-0.2, -0.15) is 5.26 Å². The molecule has 1 aliphatic rings. The molecular weight excluding hydrogens is 344 g/mol. The molecule has 2 rings (SSSR count). The minimum Gasteiger partial charge on any atom is -0.495 e. The molecule has 7 nitrogen and oxygen atoms in total. The molecule has 0 bridgehead atoms. The number of hydrogen-bond donors (Lipinski definition) is 2. The first kappa shape index (κ1) is 19.1. The third kappa shape index (κ3) is 5.94. The first-order valence-corrected chi connectivity index (χ1v) is 8.30. The first-order valence-electron chi connectivity index (χ1n) is 7.92. The molecule has 2 N–H and O–H groups in total. The Morgan fingerprint density at radius 3 is 2.88 bits per heavy atom. The quantitative estimate of drug-likeness (QED) is 0.564. The molecule has 1 fully saturated rings. The Labute approximate surface area is 152 Å². The maximum atomic E-state index is 12.1. The van der Waals surface area contributed by atoms with E-state index in [4.69, 9.17) is 26.3 Å². The lowest BCUT2D eigenvalue weighted by Gasteiger charge is -2.26. The SMILES string of the molecule is COc1ccc(N/C=C(/C#N)C(=O)NCCN2CCOCC2)cc1Cl. The van der Waals surface area contributed by atoms with Crippen LogP contribution in [0.1, 0.15) is 0 Å². The van der Waals surface area contributed by atoms with Crippen molar-refractivity contribution in [3.8, 4) is 11.8 Å². The molecule has 8 heteroatoms. The summed E-state index contributed by atoms with van der Waals surface area (Å²) in [5.41, 5.74) is 0.647. The Morgan fingerprint density at radius 2 is 2.24 bits per heavy atom. The van der Waals surface area contributed by atoms with Gasteiger partial charge in [-0.15, -0.1) is 0 Å². The molecule has 0 radical (unpaired) electrons. The van der Waals surface area contributed by atoms with E-state index in [2.05, 4.69) is 15.5 Å². The number of rotatable bonds is 7. The van der Waals surface area contributed by atoms with Crippen molar-refractivity contribution in [3.05, 3.63) is 35.0 Å². The van der Waals surface area contributed by atoms with Gasteiger partial charge in [0.15, 0.2) is 0 Å². The van der Waals surface area contributed by atoms with Crippen molar-refractivity contribution in [2.45, 2.75) is 0 Å². The lowest BCUT2D eigenvalue weighted by Crippen LogP contribution is -2.41. The van der Waals surface area contributed by atoms with Crippen molar-refractivity contribution >= 4 is 23.2 Å². The van der Waals surface area contributed by atoms with Gasteiger partial charge in [0.05, 0.1) is 25.3 Å². The number of halogens is 1.